The molecule has 3 nitrogen and oxygen atoms in total. The zero-order valence-electron chi connectivity index (χ0n) is 8.60. The SMILES string of the molecule is O=Cc1ccc(N2CC3CCC2C3)nc1. The van der Waals surface area contributed by atoms with Gasteiger partial charge in [-0.3, -0.25) is 4.79 Å². The van der Waals surface area contributed by atoms with Gasteiger partial charge < -0.3 is 4.90 Å². The van der Waals surface area contributed by atoms with Crippen LogP contribution >= 0.6 is 0 Å². The Kier molecular flexibility index (Phi) is 1.97. The molecule has 2 bridgehead atoms. The van der Waals surface area contributed by atoms with E-state index >= 15 is 0 Å². The molecule has 1 aliphatic carbocycles. The molecule has 0 amide bonds. The van der Waals surface area contributed by atoms with E-state index in [-0.39, 0.29) is 0 Å². The van der Waals surface area contributed by atoms with Gasteiger partial charge in [-0.25, -0.2) is 4.98 Å². The molecule has 15 heavy (non-hydrogen) atoms. The van der Waals surface area contributed by atoms with E-state index in [9.17, 15) is 4.79 Å². The third kappa shape index (κ3) is 1.42. The number of piperidine rings is 1. The molecule has 1 aromatic heterocycles. The largest absolute Gasteiger partial charge is 0.353 e. The molecular weight excluding hydrogens is 188 g/mol. The molecular formula is C12H14N2O. The van der Waals surface area contributed by atoms with E-state index in [2.05, 4.69) is 9.88 Å². The average molecular weight is 202 g/mol. The summed E-state index contributed by atoms with van der Waals surface area (Å²) >= 11 is 0. The fourth-order valence-corrected chi connectivity index (χ4v) is 2.84. The van der Waals surface area contributed by atoms with Crippen LogP contribution < -0.4 is 4.90 Å². The number of carbonyl (C=O) groups is 1. The molecule has 2 unspecified atom stereocenters. The van der Waals surface area contributed by atoms with Crippen LogP contribution in [0.2, 0.25) is 0 Å². The quantitative estimate of drug-likeness (QED) is 0.686. The summed E-state index contributed by atoms with van der Waals surface area (Å²) in [6.07, 6.45) is 6.52. The molecule has 3 rings (SSSR count). The molecule has 2 atom stereocenters. The molecule has 2 aliphatic rings. The van der Waals surface area contributed by atoms with Crippen LogP contribution in [0.4, 0.5) is 5.82 Å². The van der Waals surface area contributed by atoms with Gasteiger partial charge in [0.05, 0.1) is 0 Å². The van der Waals surface area contributed by atoms with Gasteiger partial charge in [0.25, 0.3) is 0 Å². The first-order chi connectivity index (χ1) is 7.36. The maximum Gasteiger partial charge on any atom is 0.151 e. The van der Waals surface area contributed by atoms with Crippen LogP contribution in [0.15, 0.2) is 18.3 Å². The number of aldehydes is 1. The minimum Gasteiger partial charge on any atom is -0.353 e. The second-order valence-electron chi connectivity index (χ2n) is 4.55. The summed E-state index contributed by atoms with van der Waals surface area (Å²) in [5.74, 6) is 1.91. The normalized spacial score (nSPS) is 28.4. The molecule has 1 aliphatic heterocycles. The lowest BCUT2D eigenvalue weighted by Gasteiger charge is -2.27. The highest BCUT2D eigenvalue weighted by Gasteiger charge is 2.38. The summed E-state index contributed by atoms with van der Waals surface area (Å²) in [6, 6.07) is 4.51. The van der Waals surface area contributed by atoms with Gasteiger partial charge in [0.1, 0.15) is 5.82 Å². The van der Waals surface area contributed by atoms with E-state index < -0.39 is 0 Å². The molecule has 78 valence electrons. The van der Waals surface area contributed by atoms with Crippen molar-refractivity contribution in [1.82, 2.24) is 4.98 Å². The van der Waals surface area contributed by atoms with Crippen LogP contribution in [0.25, 0.3) is 0 Å². The monoisotopic (exact) mass is 202 g/mol. The summed E-state index contributed by atoms with van der Waals surface area (Å²) in [4.78, 5) is 17.2. The first-order valence-electron chi connectivity index (χ1n) is 5.54. The molecule has 1 saturated heterocycles. The van der Waals surface area contributed by atoms with Crippen molar-refractivity contribution in [3.8, 4) is 0 Å². The van der Waals surface area contributed by atoms with E-state index in [4.69, 9.17) is 0 Å². The van der Waals surface area contributed by atoms with Crippen molar-refractivity contribution in [2.24, 2.45) is 5.92 Å². The molecule has 0 spiro atoms. The summed E-state index contributed by atoms with van der Waals surface area (Å²) < 4.78 is 0. The summed E-state index contributed by atoms with van der Waals surface area (Å²) in [5, 5.41) is 0. The Hall–Kier alpha value is -1.38. The van der Waals surface area contributed by atoms with Crippen LogP contribution in [0.1, 0.15) is 29.6 Å². The smallest absolute Gasteiger partial charge is 0.151 e. The number of anilines is 1. The molecule has 3 heteroatoms. The average Bonchev–Trinajstić information content (AvgIpc) is 2.91. The summed E-state index contributed by atoms with van der Waals surface area (Å²) in [6.45, 7) is 1.15. The first-order valence-corrected chi connectivity index (χ1v) is 5.54. The number of pyridine rings is 1. The molecule has 0 aromatic carbocycles. The van der Waals surface area contributed by atoms with Gasteiger partial charge in [0, 0.05) is 24.3 Å². The Labute approximate surface area is 89.1 Å². The van der Waals surface area contributed by atoms with Crippen molar-refractivity contribution >= 4 is 12.1 Å². The molecule has 1 aromatic rings. The van der Waals surface area contributed by atoms with Gasteiger partial charge >= 0.3 is 0 Å². The maximum atomic E-state index is 10.5. The van der Waals surface area contributed by atoms with Gasteiger partial charge in [0.15, 0.2) is 6.29 Å². The lowest BCUT2D eigenvalue weighted by Crippen LogP contribution is -2.32. The van der Waals surface area contributed by atoms with E-state index in [1.807, 2.05) is 12.1 Å². The highest BCUT2D eigenvalue weighted by atomic mass is 16.1. The second-order valence-corrected chi connectivity index (χ2v) is 4.55. The Morgan fingerprint density at radius 2 is 2.33 bits per heavy atom. The summed E-state index contributed by atoms with van der Waals surface area (Å²) in [7, 11) is 0. The van der Waals surface area contributed by atoms with Crippen molar-refractivity contribution in [3.05, 3.63) is 23.9 Å². The molecule has 0 radical (unpaired) electrons. The highest BCUT2D eigenvalue weighted by Crippen LogP contribution is 2.39. The van der Waals surface area contributed by atoms with Crippen LogP contribution in [0, 0.1) is 5.92 Å². The Morgan fingerprint density at radius 1 is 1.40 bits per heavy atom. The number of rotatable bonds is 2. The predicted octanol–water partition coefficient (Wildman–Crippen LogP) is 1.88. The van der Waals surface area contributed by atoms with Crippen LogP contribution in [-0.2, 0) is 0 Å². The number of hydrogen-bond acceptors (Lipinski definition) is 3. The van der Waals surface area contributed by atoms with E-state index in [0.717, 1.165) is 24.6 Å². The predicted molar refractivity (Wildman–Crippen MR) is 58.1 cm³/mol. The van der Waals surface area contributed by atoms with E-state index in [1.54, 1.807) is 6.20 Å². The number of aromatic nitrogens is 1. The zero-order chi connectivity index (χ0) is 10.3. The topological polar surface area (TPSA) is 33.2 Å². The maximum absolute atomic E-state index is 10.5. The Morgan fingerprint density at radius 3 is 2.87 bits per heavy atom. The standard InChI is InChI=1S/C12H14N2O/c15-8-10-2-4-12(13-6-10)14-7-9-1-3-11(14)5-9/h2,4,6,8-9,11H,1,3,5,7H2. The van der Waals surface area contributed by atoms with Crippen LogP contribution in [0.3, 0.4) is 0 Å². The van der Waals surface area contributed by atoms with Crippen LogP contribution in [-0.4, -0.2) is 23.9 Å². The van der Waals surface area contributed by atoms with Gasteiger partial charge in [-0.2, -0.15) is 0 Å². The fraction of sp³-hybridized carbons (Fsp3) is 0.500. The number of nitrogens with zero attached hydrogens (tertiary/aromatic N) is 2. The van der Waals surface area contributed by atoms with Gasteiger partial charge in [-0.15, -0.1) is 0 Å². The molecule has 2 heterocycles. The first kappa shape index (κ1) is 8.89. The van der Waals surface area contributed by atoms with Crippen molar-refractivity contribution in [2.75, 3.05) is 11.4 Å². The minimum atomic E-state index is 0.656. The van der Waals surface area contributed by atoms with E-state index in [1.165, 1.54) is 19.3 Å². The third-order valence-corrected chi connectivity index (χ3v) is 3.61. The Bertz CT molecular complexity index is 374. The lowest BCUT2D eigenvalue weighted by atomic mass is 10.1. The number of carbonyl (C=O) groups excluding carboxylic acids is 1. The minimum absolute atomic E-state index is 0.656. The molecule has 1 saturated carbocycles. The van der Waals surface area contributed by atoms with Crippen molar-refractivity contribution < 1.29 is 4.79 Å². The lowest BCUT2D eigenvalue weighted by molar-refractivity contribution is 0.112. The second kappa shape index (κ2) is 3.33. The Balaban J connectivity index is 1.84. The van der Waals surface area contributed by atoms with Crippen molar-refractivity contribution in [2.45, 2.75) is 25.3 Å². The number of hydrogen-bond donors (Lipinski definition) is 0. The number of fused-ring (bicyclic) bond motifs is 2. The molecule has 2 fully saturated rings. The highest BCUT2D eigenvalue weighted by molar-refractivity contribution is 5.74. The van der Waals surface area contributed by atoms with Gasteiger partial charge in [0.2, 0.25) is 0 Å². The van der Waals surface area contributed by atoms with Crippen molar-refractivity contribution in [3.63, 3.8) is 0 Å². The van der Waals surface area contributed by atoms with Crippen LogP contribution in [0.5, 0.6) is 0 Å². The fourth-order valence-electron chi connectivity index (χ4n) is 2.84. The van der Waals surface area contributed by atoms with Gasteiger partial charge in [-0.05, 0) is 37.3 Å². The van der Waals surface area contributed by atoms with Crippen molar-refractivity contribution in [1.29, 1.82) is 0 Å². The molecule has 0 N–H and O–H groups in total. The third-order valence-electron chi connectivity index (χ3n) is 3.61. The summed E-state index contributed by atoms with van der Waals surface area (Å²) in [5.41, 5.74) is 0.656. The van der Waals surface area contributed by atoms with Gasteiger partial charge in [-0.1, -0.05) is 0 Å². The van der Waals surface area contributed by atoms with E-state index in [0.29, 0.717) is 11.6 Å². The zero-order valence-corrected chi connectivity index (χ0v) is 8.60.